The molecule has 3 rings (SSSR count). The number of piperidine rings is 1. The van der Waals surface area contributed by atoms with Gasteiger partial charge < -0.3 is 10.6 Å². The van der Waals surface area contributed by atoms with Crippen LogP contribution in [0.5, 0.6) is 0 Å². The van der Waals surface area contributed by atoms with Crippen molar-refractivity contribution in [2.24, 2.45) is 5.92 Å². The van der Waals surface area contributed by atoms with Crippen LogP contribution < -0.4 is 10.6 Å². The van der Waals surface area contributed by atoms with Gasteiger partial charge in [0, 0.05) is 23.2 Å². The number of hydrogen-bond acceptors (Lipinski definition) is 3. The van der Waals surface area contributed by atoms with E-state index >= 15 is 0 Å². The number of amides is 2. The van der Waals surface area contributed by atoms with Crippen LogP contribution in [0.3, 0.4) is 0 Å². The van der Waals surface area contributed by atoms with Gasteiger partial charge in [-0.3, -0.25) is 14.5 Å². The lowest BCUT2D eigenvalue weighted by Crippen LogP contribution is -2.43. The lowest BCUT2D eigenvalue weighted by molar-refractivity contribution is -0.126. The Morgan fingerprint density at radius 3 is 2.38 bits per heavy atom. The topological polar surface area (TPSA) is 61.4 Å². The fourth-order valence-corrected chi connectivity index (χ4v) is 3.80. The minimum absolute atomic E-state index is 0.0322. The molecule has 0 bridgehead atoms. The van der Waals surface area contributed by atoms with Gasteiger partial charge in [0.2, 0.25) is 11.8 Å². The first kappa shape index (κ1) is 21.9. The molecule has 5 nitrogen and oxygen atoms in total. The Bertz CT molecular complexity index is 883. The number of anilines is 1. The molecule has 0 atom stereocenters. The average Bonchev–Trinajstić information content (AvgIpc) is 2.70. The summed E-state index contributed by atoms with van der Waals surface area (Å²) in [6, 6.07) is 12.4. The Morgan fingerprint density at radius 1 is 0.966 bits per heavy atom. The molecule has 1 heterocycles. The summed E-state index contributed by atoms with van der Waals surface area (Å²) in [6.45, 7) is 2.08. The van der Waals surface area contributed by atoms with Gasteiger partial charge in [-0.2, -0.15) is 0 Å². The molecule has 2 aromatic rings. The first-order valence-electron chi connectivity index (χ1n) is 9.41. The number of hydrogen-bond donors (Lipinski definition) is 2. The van der Waals surface area contributed by atoms with Crippen molar-refractivity contribution in [2.45, 2.75) is 19.4 Å². The number of carbonyl (C=O) groups is 2. The SMILES string of the molecule is O=C(CN1CCC(C(=O)NCc2ccccc2Cl)CC1)Nc1ccc(Cl)c(Cl)c1. The summed E-state index contributed by atoms with van der Waals surface area (Å²) in [5.41, 5.74) is 1.51. The van der Waals surface area contributed by atoms with E-state index in [1.54, 1.807) is 18.2 Å². The number of likely N-dealkylation sites (tertiary alicyclic amines) is 1. The van der Waals surface area contributed by atoms with E-state index in [1.165, 1.54) is 0 Å². The average molecular weight is 455 g/mol. The molecule has 0 saturated carbocycles. The van der Waals surface area contributed by atoms with Crippen molar-refractivity contribution in [2.75, 3.05) is 25.0 Å². The first-order valence-corrected chi connectivity index (χ1v) is 10.5. The molecular weight excluding hydrogens is 433 g/mol. The van der Waals surface area contributed by atoms with Crippen LogP contribution in [-0.2, 0) is 16.1 Å². The monoisotopic (exact) mass is 453 g/mol. The molecule has 1 saturated heterocycles. The van der Waals surface area contributed by atoms with Crippen LogP contribution in [0, 0.1) is 5.92 Å². The van der Waals surface area contributed by atoms with E-state index < -0.39 is 0 Å². The molecule has 1 aliphatic heterocycles. The van der Waals surface area contributed by atoms with E-state index in [0.717, 1.165) is 5.56 Å². The van der Waals surface area contributed by atoms with Gasteiger partial charge in [0.15, 0.2) is 0 Å². The quantitative estimate of drug-likeness (QED) is 0.670. The standard InChI is InChI=1S/C21H22Cl3N3O2/c22-17-4-2-1-3-15(17)12-25-21(29)14-7-9-27(10-8-14)13-20(28)26-16-5-6-18(23)19(24)11-16/h1-6,11,14H,7-10,12-13H2,(H,25,29)(H,26,28). The van der Waals surface area contributed by atoms with Crippen LogP contribution in [0.4, 0.5) is 5.69 Å². The lowest BCUT2D eigenvalue weighted by atomic mass is 9.96. The molecule has 2 amide bonds. The maximum atomic E-state index is 12.4. The van der Waals surface area contributed by atoms with Gasteiger partial charge in [-0.25, -0.2) is 0 Å². The Morgan fingerprint density at radius 2 is 1.69 bits per heavy atom. The molecule has 0 radical (unpaired) electrons. The van der Waals surface area contributed by atoms with E-state index in [9.17, 15) is 9.59 Å². The predicted molar refractivity (Wildman–Crippen MR) is 118 cm³/mol. The zero-order valence-electron chi connectivity index (χ0n) is 15.8. The summed E-state index contributed by atoms with van der Waals surface area (Å²) in [7, 11) is 0. The molecule has 0 aromatic heterocycles. The molecule has 2 N–H and O–H groups in total. The first-order chi connectivity index (χ1) is 13.9. The van der Waals surface area contributed by atoms with Crippen LogP contribution in [0.15, 0.2) is 42.5 Å². The second kappa shape index (κ2) is 10.3. The molecule has 8 heteroatoms. The van der Waals surface area contributed by atoms with Crippen molar-refractivity contribution in [3.63, 3.8) is 0 Å². The summed E-state index contributed by atoms with van der Waals surface area (Å²) in [4.78, 5) is 26.7. The molecule has 1 aliphatic rings. The van der Waals surface area contributed by atoms with Crippen molar-refractivity contribution >= 4 is 52.3 Å². The zero-order valence-corrected chi connectivity index (χ0v) is 18.0. The highest BCUT2D eigenvalue weighted by molar-refractivity contribution is 6.42. The number of nitrogens with one attached hydrogen (secondary N) is 2. The highest BCUT2D eigenvalue weighted by atomic mass is 35.5. The number of nitrogens with zero attached hydrogens (tertiary/aromatic N) is 1. The molecule has 154 valence electrons. The number of carbonyl (C=O) groups excluding carboxylic acids is 2. The highest BCUT2D eigenvalue weighted by Crippen LogP contribution is 2.25. The summed E-state index contributed by atoms with van der Waals surface area (Å²) in [5.74, 6) is -0.137. The van der Waals surface area contributed by atoms with Gasteiger partial charge in [-0.15, -0.1) is 0 Å². The third-order valence-electron chi connectivity index (χ3n) is 4.94. The second-order valence-corrected chi connectivity index (χ2v) is 8.26. The van der Waals surface area contributed by atoms with Gasteiger partial charge in [0.05, 0.1) is 16.6 Å². The third kappa shape index (κ3) is 6.34. The Kier molecular flexibility index (Phi) is 7.78. The normalized spacial score (nSPS) is 15.1. The van der Waals surface area contributed by atoms with E-state index in [-0.39, 0.29) is 24.3 Å². The van der Waals surface area contributed by atoms with Crippen molar-refractivity contribution in [3.8, 4) is 0 Å². The van der Waals surface area contributed by atoms with E-state index in [0.29, 0.717) is 53.2 Å². The van der Waals surface area contributed by atoms with Crippen LogP contribution in [0.1, 0.15) is 18.4 Å². The minimum Gasteiger partial charge on any atom is -0.352 e. The van der Waals surface area contributed by atoms with Gasteiger partial charge in [-0.1, -0.05) is 53.0 Å². The molecule has 0 unspecified atom stereocenters. The summed E-state index contributed by atoms with van der Waals surface area (Å²) < 4.78 is 0. The minimum atomic E-state index is -0.120. The van der Waals surface area contributed by atoms with Crippen molar-refractivity contribution in [1.29, 1.82) is 0 Å². The largest absolute Gasteiger partial charge is 0.352 e. The van der Waals surface area contributed by atoms with E-state index in [1.807, 2.05) is 29.2 Å². The number of benzene rings is 2. The summed E-state index contributed by atoms with van der Waals surface area (Å²) in [5, 5.41) is 7.27. The molecule has 1 fully saturated rings. The highest BCUT2D eigenvalue weighted by Gasteiger charge is 2.25. The summed E-state index contributed by atoms with van der Waals surface area (Å²) >= 11 is 18.0. The van der Waals surface area contributed by atoms with Crippen molar-refractivity contribution in [3.05, 3.63) is 63.1 Å². The van der Waals surface area contributed by atoms with Crippen LogP contribution in [0.2, 0.25) is 15.1 Å². The molecular formula is C21H22Cl3N3O2. The summed E-state index contributed by atoms with van der Waals surface area (Å²) in [6.07, 6.45) is 1.43. The zero-order chi connectivity index (χ0) is 20.8. The second-order valence-electron chi connectivity index (χ2n) is 7.04. The van der Waals surface area contributed by atoms with E-state index in [4.69, 9.17) is 34.8 Å². The maximum Gasteiger partial charge on any atom is 0.238 e. The number of rotatable bonds is 6. The Balaban J connectivity index is 1.41. The van der Waals surface area contributed by atoms with Gasteiger partial charge >= 0.3 is 0 Å². The Labute approximate surface area is 185 Å². The predicted octanol–water partition coefficient (Wildman–Crippen LogP) is 4.61. The Hall–Kier alpha value is -1.79. The maximum absolute atomic E-state index is 12.4. The van der Waals surface area contributed by atoms with Crippen LogP contribution >= 0.6 is 34.8 Å². The fourth-order valence-electron chi connectivity index (χ4n) is 3.30. The van der Waals surface area contributed by atoms with Gasteiger partial charge in [0.25, 0.3) is 0 Å². The molecule has 29 heavy (non-hydrogen) atoms. The third-order valence-corrected chi connectivity index (χ3v) is 6.05. The van der Waals surface area contributed by atoms with Gasteiger partial charge in [0.1, 0.15) is 0 Å². The number of halogens is 3. The molecule has 2 aromatic carbocycles. The van der Waals surface area contributed by atoms with Crippen molar-refractivity contribution < 1.29 is 9.59 Å². The smallest absolute Gasteiger partial charge is 0.238 e. The van der Waals surface area contributed by atoms with E-state index in [2.05, 4.69) is 10.6 Å². The van der Waals surface area contributed by atoms with Crippen LogP contribution in [0.25, 0.3) is 0 Å². The fraction of sp³-hybridized carbons (Fsp3) is 0.333. The van der Waals surface area contributed by atoms with Gasteiger partial charge in [-0.05, 0) is 55.8 Å². The van der Waals surface area contributed by atoms with Crippen LogP contribution in [-0.4, -0.2) is 36.3 Å². The molecule has 0 spiro atoms. The molecule has 0 aliphatic carbocycles. The lowest BCUT2D eigenvalue weighted by Gasteiger charge is -2.30. The van der Waals surface area contributed by atoms with Crippen molar-refractivity contribution in [1.82, 2.24) is 10.2 Å².